The Morgan fingerprint density at radius 2 is 2.11 bits per heavy atom. The molecular formula is C4H5ClF3O. The predicted octanol–water partition coefficient (Wildman–Crippen LogP) is 1.97. The molecule has 0 saturated carbocycles. The van der Waals surface area contributed by atoms with Crippen molar-refractivity contribution < 1.29 is 17.9 Å². The van der Waals surface area contributed by atoms with Crippen molar-refractivity contribution in [2.24, 2.45) is 0 Å². The topological polar surface area (TPSA) is 9.23 Å². The minimum Gasteiger partial charge on any atom is -0.311 e. The zero-order valence-electron chi connectivity index (χ0n) is 4.41. The minimum atomic E-state index is -3.71. The number of hydrogen-bond donors (Lipinski definition) is 0. The molecule has 0 unspecified atom stereocenters. The Morgan fingerprint density at radius 3 is 2.44 bits per heavy atom. The summed E-state index contributed by atoms with van der Waals surface area (Å²) in [4.78, 5) is 0. The summed E-state index contributed by atoms with van der Waals surface area (Å²) < 4.78 is 38.0. The van der Waals surface area contributed by atoms with E-state index in [2.05, 4.69) is 4.74 Å². The summed E-state index contributed by atoms with van der Waals surface area (Å²) in [6, 6.07) is 0. The first kappa shape index (κ1) is 9.04. The Balaban J connectivity index is 3.33. The van der Waals surface area contributed by atoms with Crippen molar-refractivity contribution in [3.8, 4) is 0 Å². The molecule has 0 N–H and O–H groups in total. The molecule has 0 aromatic rings. The molecule has 0 aromatic heterocycles. The van der Waals surface area contributed by atoms with Crippen LogP contribution in [0.15, 0.2) is 0 Å². The summed E-state index contributed by atoms with van der Waals surface area (Å²) in [6.07, 6.45) is -3.71. The van der Waals surface area contributed by atoms with Crippen molar-refractivity contribution in [1.82, 2.24) is 0 Å². The Labute approximate surface area is 55.7 Å². The van der Waals surface area contributed by atoms with Crippen LogP contribution in [-0.2, 0) is 4.74 Å². The molecule has 0 amide bonds. The molecule has 55 valence electrons. The van der Waals surface area contributed by atoms with Gasteiger partial charge in [0.1, 0.15) is 6.61 Å². The third-order valence-electron chi connectivity index (χ3n) is 0.474. The highest BCUT2D eigenvalue weighted by atomic mass is 35.5. The fourth-order valence-electron chi connectivity index (χ4n) is 0.185. The zero-order valence-corrected chi connectivity index (χ0v) is 5.17. The lowest BCUT2D eigenvalue weighted by Gasteiger charge is -2.09. The van der Waals surface area contributed by atoms with Crippen LogP contribution in [0.25, 0.3) is 0 Å². The maximum absolute atomic E-state index is 11.7. The third-order valence-corrected chi connectivity index (χ3v) is 0.600. The zero-order chi connectivity index (χ0) is 7.33. The van der Waals surface area contributed by atoms with E-state index in [1.165, 1.54) is 0 Å². The maximum Gasteiger partial charge on any atom is 0.384 e. The SMILES string of the molecule is FCC(F)(F)O[CH]CCl. The smallest absolute Gasteiger partial charge is 0.311 e. The van der Waals surface area contributed by atoms with Crippen molar-refractivity contribution in [1.29, 1.82) is 0 Å². The van der Waals surface area contributed by atoms with E-state index in [0.29, 0.717) is 6.61 Å². The van der Waals surface area contributed by atoms with Gasteiger partial charge >= 0.3 is 6.11 Å². The number of halogens is 4. The van der Waals surface area contributed by atoms with E-state index in [-0.39, 0.29) is 5.88 Å². The van der Waals surface area contributed by atoms with Gasteiger partial charge in [0.05, 0.1) is 5.88 Å². The number of rotatable bonds is 4. The number of alkyl halides is 4. The molecule has 5 heteroatoms. The Bertz CT molecular complexity index is 78.2. The van der Waals surface area contributed by atoms with Crippen LogP contribution in [0.2, 0.25) is 0 Å². The highest BCUT2D eigenvalue weighted by Crippen LogP contribution is 2.16. The summed E-state index contributed by atoms with van der Waals surface area (Å²) in [7, 11) is 0. The summed E-state index contributed by atoms with van der Waals surface area (Å²) in [6.45, 7) is -1.19. The molecule has 0 spiro atoms. The molecule has 0 atom stereocenters. The van der Waals surface area contributed by atoms with Gasteiger partial charge in [0.2, 0.25) is 0 Å². The second-order valence-corrected chi connectivity index (χ2v) is 1.52. The molecule has 0 aliphatic heterocycles. The van der Waals surface area contributed by atoms with Crippen LogP contribution in [-0.4, -0.2) is 18.7 Å². The average Bonchev–Trinajstić information content (AvgIpc) is 1.84. The Hall–Kier alpha value is 0.0400. The molecule has 0 aliphatic carbocycles. The van der Waals surface area contributed by atoms with Crippen molar-refractivity contribution >= 4 is 11.6 Å². The molecule has 9 heavy (non-hydrogen) atoms. The van der Waals surface area contributed by atoms with Gasteiger partial charge < -0.3 is 4.74 Å². The Kier molecular flexibility index (Phi) is 3.97. The van der Waals surface area contributed by atoms with Gasteiger partial charge in [-0.25, -0.2) is 4.39 Å². The second-order valence-electron chi connectivity index (χ2n) is 1.21. The highest BCUT2D eigenvalue weighted by Gasteiger charge is 2.29. The highest BCUT2D eigenvalue weighted by molar-refractivity contribution is 6.18. The van der Waals surface area contributed by atoms with Crippen LogP contribution >= 0.6 is 11.6 Å². The van der Waals surface area contributed by atoms with Crippen LogP contribution in [0.3, 0.4) is 0 Å². The fraction of sp³-hybridized carbons (Fsp3) is 0.750. The Morgan fingerprint density at radius 1 is 1.56 bits per heavy atom. The van der Waals surface area contributed by atoms with Crippen molar-refractivity contribution in [3.63, 3.8) is 0 Å². The summed E-state index contributed by atoms with van der Waals surface area (Å²) >= 11 is 4.93. The maximum atomic E-state index is 11.7. The molecule has 0 bridgehead atoms. The van der Waals surface area contributed by atoms with E-state index in [1.54, 1.807) is 0 Å². The number of ether oxygens (including phenoxy) is 1. The van der Waals surface area contributed by atoms with E-state index in [4.69, 9.17) is 11.6 Å². The first-order chi connectivity index (χ1) is 4.12. The largest absolute Gasteiger partial charge is 0.384 e. The van der Waals surface area contributed by atoms with Crippen LogP contribution in [0, 0.1) is 6.61 Å². The van der Waals surface area contributed by atoms with Crippen LogP contribution in [0.4, 0.5) is 13.2 Å². The standard InChI is InChI=1S/C4H5ClF3O/c5-1-2-9-4(7,8)3-6/h2H,1,3H2. The van der Waals surface area contributed by atoms with Crippen molar-refractivity contribution in [2.75, 3.05) is 12.6 Å². The average molecular weight is 162 g/mol. The van der Waals surface area contributed by atoms with Gasteiger partial charge in [0, 0.05) is 0 Å². The van der Waals surface area contributed by atoms with Gasteiger partial charge in [0.15, 0.2) is 6.67 Å². The van der Waals surface area contributed by atoms with Crippen LogP contribution < -0.4 is 0 Å². The van der Waals surface area contributed by atoms with Gasteiger partial charge in [-0.15, -0.1) is 11.6 Å². The quantitative estimate of drug-likeness (QED) is 0.573. The second kappa shape index (κ2) is 3.95. The fourth-order valence-corrected chi connectivity index (χ4v) is 0.248. The molecule has 0 fully saturated rings. The predicted molar refractivity (Wildman–Crippen MR) is 27.0 cm³/mol. The molecule has 1 nitrogen and oxygen atoms in total. The molecule has 0 heterocycles. The van der Waals surface area contributed by atoms with Crippen LogP contribution in [0.5, 0.6) is 0 Å². The molecule has 1 radical (unpaired) electrons. The van der Waals surface area contributed by atoms with E-state index in [0.717, 1.165) is 0 Å². The molecule has 0 rings (SSSR count). The summed E-state index contributed by atoms with van der Waals surface area (Å²) in [5.74, 6) is -0.185. The lowest BCUT2D eigenvalue weighted by Crippen LogP contribution is -2.22. The number of hydrogen-bond acceptors (Lipinski definition) is 1. The van der Waals surface area contributed by atoms with E-state index >= 15 is 0 Å². The van der Waals surface area contributed by atoms with E-state index in [9.17, 15) is 13.2 Å². The van der Waals surface area contributed by atoms with Gasteiger partial charge in [-0.1, -0.05) is 0 Å². The van der Waals surface area contributed by atoms with E-state index in [1.807, 2.05) is 0 Å². The first-order valence-corrected chi connectivity index (χ1v) is 2.65. The summed E-state index contributed by atoms with van der Waals surface area (Å²) in [5, 5.41) is 0. The molecule has 0 aromatic carbocycles. The molecule has 0 saturated heterocycles. The van der Waals surface area contributed by atoms with Gasteiger partial charge in [-0.05, 0) is 0 Å². The summed E-state index contributed by atoms with van der Waals surface area (Å²) in [5.41, 5.74) is 0. The van der Waals surface area contributed by atoms with Crippen molar-refractivity contribution in [2.45, 2.75) is 6.11 Å². The normalized spacial score (nSPS) is 12.0. The van der Waals surface area contributed by atoms with Gasteiger partial charge in [0.25, 0.3) is 0 Å². The van der Waals surface area contributed by atoms with Crippen molar-refractivity contribution in [3.05, 3.63) is 6.61 Å². The van der Waals surface area contributed by atoms with Gasteiger partial charge in [-0.3, -0.25) is 0 Å². The molecular weight excluding hydrogens is 156 g/mol. The lowest BCUT2D eigenvalue weighted by molar-refractivity contribution is -0.225. The van der Waals surface area contributed by atoms with E-state index < -0.39 is 12.8 Å². The lowest BCUT2D eigenvalue weighted by atomic mass is 10.7. The minimum absolute atomic E-state index is 0.185. The van der Waals surface area contributed by atoms with Gasteiger partial charge in [-0.2, -0.15) is 8.78 Å². The monoisotopic (exact) mass is 161 g/mol. The first-order valence-electron chi connectivity index (χ1n) is 2.11. The molecule has 0 aliphatic rings. The van der Waals surface area contributed by atoms with Crippen LogP contribution in [0.1, 0.15) is 0 Å². The third kappa shape index (κ3) is 4.54.